The highest BCUT2D eigenvalue weighted by Crippen LogP contribution is 2.26. The van der Waals surface area contributed by atoms with Crippen LogP contribution in [0.1, 0.15) is 35.3 Å². The van der Waals surface area contributed by atoms with E-state index in [1.54, 1.807) is 30.3 Å². The molecule has 0 radical (unpaired) electrons. The first-order chi connectivity index (χ1) is 22.2. The van der Waals surface area contributed by atoms with E-state index in [1.165, 1.54) is 31.2 Å². The lowest BCUT2D eigenvalue weighted by Crippen LogP contribution is -2.61. The van der Waals surface area contributed by atoms with E-state index in [1.807, 2.05) is 0 Å². The normalized spacial score (nSPS) is 23.9. The van der Waals surface area contributed by atoms with Crippen LogP contribution in [0.2, 0.25) is 0 Å². The largest absolute Gasteiger partial charge is 0.507 e. The minimum absolute atomic E-state index is 0.115. The summed E-state index contributed by atoms with van der Waals surface area (Å²) in [5.74, 6) is -17.7. The smallest absolute Gasteiger partial charge is 0.329 e. The average molecular weight is 664 g/mol. The minimum atomic E-state index is -2.42. The number of phenolic OH excluding ortho intramolecular Hbond substituents is 1. The zero-order chi connectivity index (χ0) is 34.6. The van der Waals surface area contributed by atoms with Gasteiger partial charge in [0.2, 0.25) is 17.6 Å². The Morgan fingerprint density at radius 3 is 2.00 bits per heavy atom. The van der Waals surface area contributed by atoms with Gasteiger partial charge in [-0.1, -0.05) is 49.4 Å². The molecule has 6 atom stereocenters. The lowest BCUT2D eigenvalue weighted by atomic mass is 9.90. The van der Waals surface area contributed by atoms with Crippen molar-refractivity contribution in [1.82, 2.24) is 16.0 Å². The zero-order valence-corrected chi connectivity index (χ0v) is 24.9. The quantitative estimate of drug-likeness (QED) is 0.118. The maximum Gasteiger partial charge on any atom is 0.329 e. The molecule has 1 aliphatic rings. The predicted octanol–water partition coefficient (Wildman–Crippen LogP) is 2.58. The molecule has 0 aromatic heterocycles. The van der Waals surface area contributed by atoms with Gasteiger partial charge < -0.3 is 30.9 Å². The molecule has 10 nitrogen and oxygen atoms in total. The molecule has 1 saturated heterocycles. The number of cyclic esters (lactones) is 1. The molecule has 1 aliphatic heterocycles. The number of ether oxygens (including phenoxy) is 1. The standard InChI is InChI=1S/C32H30F5N3O7/c1-14-28(42)19(13-18-22(33)24(35)26(37)25(36)23(18)34)38-31(45)27(40-30(44)17-10-6-7-11-21(17)41)15(2)47-32(46)20(39-29(14)43)12-16-8-4-3-5-9-16/h3-11,14-15,19-20,27-28,41-42H,12-13H2,1-2H3,(H,38,45)(H,39,43)(H,40,44). The lowest BCUT2D eigenvalue weighted by molar-refractivity contribution is -0.156. The highest BCUT2D eigenvalue weighted by molar-refractivity contribution is 6.00. The average Bonchev–Trinajstić information content (AvgIpc) is 3.05. The minimum Gasteiger partial charge on any atom is -0.507 e. The molecule has 6 unspecified atom stereocenters. The number of aromatic hydroxyl groups is 1. The van der Waals surface area contributed by atoms with E-state index in [2.05, 4.69) is 16.0 Å². The second-order valence-corrected chi connectivity index (χ2v) is 11.0. The van der Waals surface area contributed by atoms with Gasteiger partial charge in [0, 0.05) is 18.4 Å². The van der Waals surface area contributed by atoms with Gasteiger partial charge in [-0.15, -0.1) is 0 Å². The second-order valence-electron chi connectivity index (χ2n) is 11.0. The van der Waals surface area contributed by atoms with E-state index in [4.69, 9.17) is 4.74 Å². The second kappa shape index (κ2) is 14.6. The molecule has 47 heavy (non-hydrogen) atoms. The zero-order valence-electron chi connectivity index (χ0n) is 24.9. The summed E-state index contributed by atoms with van der Waals surface area (Å²) < 4.78 is 76.7. The first kappa shape index (κ1) is 34.8. The molecule has 0 aliphatic carbocycles. The number of carbonyl (C=O) groups is 4. The summed E-state index contributed by atoms with van der Waals surface area (Å²) in [5.41, 5.74) is -1.10. The first-order valence-corrected chi connectivity index (χ1v) is 14.3. The number of amides is 3. The van der Waals surface area contributed by atoms with Crippen LogP contribution in [0.25, 0.3) is 0 Å². The van der Waals surface area contributed by atoms with Crippen molar-refractivity contribution in [2.24, 2.45) is 5.92 Å². The number of para-hydroxylation sites is 1. The van der Waals surface area contributed by atoms with Crippen molar-refractivity contribution in [1.29, 1.82) is 0 Å². The summed E-state index contributed by atoms with van der Waals surface area (Å²) in [7, 11) is 0. The van der Waals surface area contributed by atoms with Crippen molar-refractivity contribution >= 4 is 23.7 Å². The van der Waals surface area contributed by atoms with Gasteiger partial charge in [-0.3, -0.25) is 14.4 Å². The van der Waals surface area contributed by atoms with Crippen LogP contribution in [0, 0.1) is 35.0 Å². The van der Waals surface area contributed by atoms with Gasteiger partial charge in [0.1, 0.15) is 23.9 Å². The molecular weight excluding hydrogens is 633 g/mol. The summed E-state index contributed by atoms with van der Waals surface area (Å²) in [5, 5.41) is 28.3. The monoisotopic (exact) mass is 663 g/mol. The Morgan fingerprint density at radius 2 is 1.38 bits per heavy atom. The molecule has 3 amide bonds. The lowest BCUT2D eigenvalue weighted by Gasteiger charge is -2.33. The van der Waals surface area contributed by atoms with Gasteiger partial charge in [0.15, 0.2) is 23.3 Å². The number of carbonyl (C=O) groups excluding carboxylic acids is 4. The molecule has 5 N–H and O–H groups in total. The molecule has 1 heterocycles. The summed E-state index contributed by atoms with van der Waals surface area (Å²) in [6, 6.07) is 8.51. The number of benzene rings is 3. The molecule has 0 spiro atoms. The Bertz CT molecular complexity index is 1650. The number of nitrogens with one attached hydrogen (secondary N) is 3. The highest BCUT2D eigenvalue weighted by Gasteiger charge is 2.40. The van der Waals surface area contributed by atoms with Crippen LogP contribution in [-0.2, 0) is 32.0 Å². The van der Waals surface area contributed by atoms with Crippen LogP contribution in [0.4, 0.5) is 22.0 Å². The van der Waals surface area contributed by atoms with Crippen molar-refractivity contribution in [3.63, 3.8) is 0 Å². The van der Waals surface area contributed by atoms with Crippen LogP contribution in [0.3, 0.4) is 0 Å². The number of rotatable bonds is 6. The Balaban J connectivity index is 1.77. The number of aliphatic hydroxyl groups is 1. The van der Waals surface area contributed by atoms with Gasteiger partial charge >= 0.3 is 5.97 Å². The molecule has 4 rings (SSSR count). The van der Waals surface area contributed by atoms with E-state index in [0.717, 1.165) is 6.92 Å². The maximum absolute atomic E-state index is 14.7. The highest BCUT2D eigenvalue weighted by atomic mass is 19.2. The summed E-state index contributed by atoms with van der Waals surface area (Å²) >= 11 is 0. The van der Waals surface area contributed by atoms with Crippen molar-refractivity contribution in [2.45, 2.75) is 57.0 Å². The molecular formula is C32H30F5N3O7. The predicted molar refractivity (Wildman–Crippen MR) is 154 cm³/mol. The SMILES string of the molecule is CC1OC(=O)C(Cc2ccccc2)NC(=O)C(C)C(O)C(Cc2c(F)c(F)c(F)c(F)c2F)NC(=O)C1NC(=O)c1ccccc1O. The van der Waals surface area contributed by atoms with Crippen LogP contribution >= 0.6 is 0 Å². The summed E-state index contributed by atoms with van der Waals surface area (Å²) in [6.07, 6.45) is -4.86. The fraction of sp³-hybridized carbons (Fsp3) is 0.312. The Labute approximate surface area is 264 Å². The van der Waals surface area contributed by atoms with E-state index < -0.39 is 107 Å². The van der Waals surface area contributed by atoms with Crippen LogP contribution in [-0.4, -0.2) is 64.2 Å². The molecule has 3 aromatic rings. The van der Waals surface area contributed by atoms with E-state index in [0.29, 0.717) is 5.56 Å². The number of phenols is 1. The third-order valence-electron chi connectivity index (χ3n) is 7.76. The van der Waals surface area contributed by atoms with Gasteiger partial charge in [0.05, 0.1) is 23.6 Å². The van der Waals surface area contributed by atoms with Crippen molar-refractivity contribution in [2.75, 3.05) is 0 Å². The summed E-state index contributed by atoms with van der Waals surface area (Å²) in [4.78, 5) is 53.4. The number of hydrogen-bond donors (Lipinski definition) is 5. The van der Waals surface area contributed by atoms with E-state index >= 15 is 0 Å². The van der Waals surface area contributed by atoms with Crippen LogP contribution < -0.4 is 16.0 Å². The van der Waals surface area contributed by atoms with Crippen LogP contribution in [0.15, 0.2) is 54.6 Å². The molecule has 15 heteroatoms. The van der Waals surface area contributed by atoms with Crippen molar-refractivity contribution < 1.29 is 56.1 Å². The van der Waals surface area contributed by atoms with Gasteiger partial charge in [-0.2, -0.15) is 0 Å². The number of aliphatic hydroxyl groups excluding tert-OH is 1. The molecule has 250 valence electrons. The Hall–Kier alpha value is -5.05. The third-order valence-corrected chi connectivity index (χ3v) is 7.76. The Morgan fingerprint density at radius 1 is 0.809 bits per heavy atom. The van der Waals surface area contributed by atoms with Gasteiger partial charge in [-0.05, 0) is 24.6 Å². The van der Waals surface area contributed by atoms with Gasteiger partial charge in [0.25, 0.3) is 5.91 Å². The van der Waals surface area contributed by atoms with Crippen molar-refractivity contribution in [3.05, 3.63) is 100 Å². The Kier molecular flexibility index (Phi) is 10.8. The maximum atomic E-state index is 14.7. The fourth-order valence-corrected chi connectivity index (χ4v) is 5.04. The summed E-state index contributed by atoms with van der Waals surface area (Å²) in [6.45, 7) is 2.35. The molecule has 0 bridgehead atoms. The molecule has 0 saturated carbocycles. The third kappa shape index (κ3) is 7.68. The van der Waals surface area contributed by atoms with E-state index in [9.17, 15) is 51.3 Å². The number of halogens is 5. The number of esters is 1. The topological polar surface area (TPSA) is 154 Å². The van der Waals surface area contributed by atoms with Crippen molar-refractivity contribution in [3.8, 4) is 5.75 Å². The van der Waals surface area contributed by atoms with Crippen LogP contribution in [0.5, 0.6) is 5.75 Å². The van der Waals surface area contributed by atoms with Gasteiger partial charge in [-0.25, -0.2) is 26.7 Å². The molecule has 3 aromatic carbocycles. The first-order valence-electron chi connectivity index (χ1n) is 14.3. The molecule has 1 fully saturated rings. The van der Waals surface area contributed by atoms with E-state index in [-0.39, 0.29) is 12.0 Å². The fourth-order valence-electron chi connectivity index (χ4n) is 5.04. The number of hydrogen-bond acceptors (Lipinski definition) is 7.